The maximum atomic E-state index is 12.0. The van der Waals surface area contributed by atoms with Crippen molar-refractivity contribution >= 4 is 5.91 Å². The molecule has 118 valence electrons. The maximum Gasteiger partial charge on any atom is 0.224 e. The Bertz CT molecular complexity index is 415. The average Bonchev–Trinajstić information content (AvgIpc) is 2.51. The summed E-state index contributed by atoms with van der Waals surface area (Å²) in [5, 5.41) is 6.02. The minimum Gasteiger partial charge on any atom is -0.496 e. The van der Waals surface area contributed by atoms with Crippen LogP contribution in [0.25, 0.3) is 0 Å². The predicted molar refractivity (Wildman–Crippen MR) is 81.0 cm³/mol. The number of hydrogen-bond acceptors (Lipinski definition) is 5. The topological polar surface area (TPSA) is 68.8 Å². The molecule has 0 saturated carbocycles. The molecule has 0 radical (unpaired) electrons. The summed E-state index contributed by atoms with van der Waals surface area (Å²) in [7, 11) is 4.82. The zero-order valence-corrected chi connectivity index (χ0v) is 12.9. The lowest BCUT2D eigenvalue weighted by atomic mass is 10.1. The number of amides is 1. The molecule has 1 aromatic rings. The molecule has 21 heavy (non-hydrogen) atoms. The lowest BCUT2D eigenvalue weighted by Crippen LogP contribution is -2.34. The van der Waals surface area contributed by atoms with Crippen molar-refractivity contribution in [2.45, 2.75) is 6.42 Å². The Balaban J connectivity index is 2.44. The molecule has 0 fully saturated rings. The van der Waals surface area contributed by atoms with Crippen LogP contribution in [-0.2, 0) is 16.0 Å². The van der Waals surface area contributed by atoms with Crippen molar-refractivity contribution in [1.29, 1.82) is 0 Å². The highest BCUT2D eigenvalue weighted by molar-refractivity contribution is 5.80. The molecular weight excluding hydrogens is 272 g/mol. The molecule has 0 aliphatic heterocycles. The first-order valence-corrected chi connectivity index (χ1v) is 6.89. The minimum absolute atomic E-state index is 0.0636. The minimum atomic E-state index is -0.0636. The quantitative estimate of drug-likeness (QED) is 0.619. The van der Waals surface area contributed by atoms with Crippen LogP contribution in [-0.4, -0.2) is 53.5 Å². The highest BCUT2D eigenvalue weighted by Gasteiger charge is 2.13. The third-order valence-electron chi connectivity index (χ3n) is 2.97. The molecule has 0 bridgehead atoms. The highest BCUT2D eigenvalue weighted by Crippen LogP contribution is 2.28. The molecule has 1 rings (SSSR count). The molecule has 0 heterocycles. The maximum absolute atomic E-state index is 12.0. The Labute approximate surface area is 125 Å². The van der Waals surface area contributed by atoms with Gasteiger partial charge in [0, 0.05) is 32.3 Å². The number of rotatable bonds is 10. The van der Waals surface area contributed by atoms with Gasteiger partial charge >= 0.3 is 0 Å². The van der Waals surface area contributed by atoms with E-state index in [4.69, 9.17) is 14.2 Å². The van der Waals surface area contributed by atoms with Crippen LogP contribution in [0.1, 0.15) is 5.56 Å². The summed E-state index contributed by atoms with van der Waals surface area (Å²) in [5.74, 6) is 1.25. The second kappa shape index (κ2) is 10.0. The molecule has 0 atom stereocenters. The number of ether oxygens (including phenoxy) is 3. The number of hydrogen-bond donors (Lipinski definition) is 2. The highest BCUT2D eigenvalue weighted by atomic mass is 16.5. The van der Waals surface area contributed by atoms with Gasteiger partial charge in [0.15, 0.2) is 0 Å². The van der Waals surface area contributed by atoms with Crippen molar-refractivity contribution in [1.82, 2.24) is 10.6 Å². The molecule has 0 aliphatic rings. The van der Waals surface area contributed by atoms with Gasteiger partial charge in [-0.05, 0) is 12.1 Å². The summed E-state index contributed by atoms with van der Waals surface area (Å²) in [6.07, 6.45) is 0.227. The Kier molecular flexibility index (Phi) is 8.23. The van der Waals surface area contributed by atoms with Crippen LogP contribution in [0.5, 0.6) is 11.5 Å². The third-order valence-corrected chi connectivity index (χ3v) is 2.97. The molecule has 1 amide bonds. The molecule has 6 heteroatoms. The standard InChI is InChI=1S/C15H24N2O4/c1-19-10-9-16-7-8-17-15(18)11-12-13(20-2)5-4-6-14(12)21-3/h4-6,16H,7-11H2,1-3H3,(H,17,18). The van der Waals surface area contributed by atoms with Gasteiger partial charge in [0.1, 0.15) is 11.5 Å². The molecule has 0 aromatic heterocycles. The van der Waals surface area contributed by atoms with Crippen LogP contribution >= 0.6 is 0 Å². The fraction of sp³-hybridized carbons (Fsp3) is 0.533. The normalized spacial score (nSPS) is 10.2. The molecular formula is C15H24N2O4. The van der Waals surface area contributed by atoms with Crippen LogP contribution in [0, 0.1) is 0 Å². The van der Waals surface area contributed by atoms with Crippen molar-refractivity contribution in [3.8, 4) is 11.5 Å². The van der Waals surface area contributed by atoms with E-state index < -0.39 is 0 Å². The molecule has 1 aromatic carbocycles. The van der Waals surface area contributed by atoms with Crippen LogP contribution in [0.15, 0.2) is 18.2 Å². The average molecular weight is 296 g/mol. The Morgan fingerprint density at radius 2 is 1.71 bits per heavy atom. The SMILES string of the molecule is COCCNCCNC(=O)Cc1c(OC)cccc1OC. The van der Waals surface area contributed by atoms with Gasteiger partial charge in [0.05, 0.1) is 27.2 Å². The van der Waals surface area contributed by atoms with E-state index in [0.717, 1.165) is 12.1 Å². The fourth-order valence-electron chi connectivity index (χ4n) is 1.91. The molecule has 0 saturated heterocycles. The molecule has 0 spiro atoms. The van der Waals surface area contributed by atoms with E-state index >= 15 is 0 Å². The van der Waals surface area contributed by atoms with Gasteiger partial charge in [-0.1, -0.05) is 6.07 Å². The van der Waals surface area contributed by atoms with Gasteiger partial charge in [0.2, 0.25) is 5.91 Å². The summed E-state index contributed by atoms with van der Waals surface area (Å²) in [6.45, 7) is 2.71. The van der Waals surface area contributed by atoms with Gasteiger partial charge in [-0.25, -0.2) is 0 Å². The smallest absolute Gasteiger partial charge is 0.224 e. The number of methoxy groups -OCH3 is 3. The van der Waals surface area contributed by atoms with Crippen LogP contribution < -0.4 is 20.1 Å². The second-order valence-corrected chi connectivity index (χ2v) is 4.41. The molecule has 2 N–H and O–H groups in total. The van der Waals surface area contributed by atoms with Crippen LogP contribution in [0.3, 0.4) is 0 Å². The van der Waals surface area contributed by atoms with Crippen molar-refractivity contribution in [3.05, 3.63) is 23.8 Å². The van der Waals surface area contributed by atoms with E-state index in [9.17, 15) is 4.79 Å². The van der Waals surface area contributed by atoms with Crippen molar-refractivity contribution in [3.63, 3.8) is 0 Å². The van der Waals surface area contributed by atoms with Gasteiger partial charge in [-0.3, -0.25) is 4.79 Å². The second-order valence-electron chi connectivity index (χ2n) is 4.41. The van der Waals surface area contributed by atoms with E-state index in [-0.39, 0.29) is 12.3 Å². The van der Waals surface area contributed by atoms with E-state index in [1.54, 1.807) is 21.3 Å². The summed E-state index contributed by atoms with van der Waals surface area (Å²) in [4.78, 5) is 12.0. The molecule has 6 nitrogen and oxygen atoms in total. The Hall–Kier alpha value is -1.79. The van der Waals surface area contributed by atoms with Gasteiger partial charge in [0.25, 0.3) is 0 Å². The lowest BCUT2D eigenvalue weighted by molar-refractivity contribution is -0.120. The van der Waals surface area contributed by atoms with Gasteiger partial charge < -0.3 is 24.8 Å². The van der Waals surface area contributed by atoms with Crippen LogP contribution in [0.2, 0.25) is 0 Å². The number of carbonyl (C=O) groups is 1. The largest absolute Gasteiger partial charge is 0.496 e. The lowest BCUT2D eigenvalue weighted by Gasteiger charge is -2.13. The van der Waals surface area contributed by atoms with Crippen LogP contribution in [0.4, 0.5) is 0 Å². The van der Waals surface area contributed by atoms with Gasteiger partial charge in [-0.15, -0.1) is 0 Å². The zero-order valence-electron chi connectivity index (χ0n) is 12.9. The van der Waals surface area contributed by atoms with E-state index in [1.807, 2.05) is 18.2 Å². The predicted octanol–water partition coefficient (Wildman–Crippen LogP) is 0.599. The first kappa shape index (κ1) is 17.3. The number of benzene rings is 1. The third kappa shape index (κ3) is 6.01. The summed E-state index contributed by atoms with van der Waals surface area (Å²) in [6, 6.07) is 5.47. The zero-order chi connectivity index (χ0) is 15.5. The Morgan fingerprint density at radius 3 is 2.29 bits per heavy atom. The summed E-state index contributed by atoms with van der Waals surface area (Å²) < 4.78 is 15.5. The summed E-state index contributed by atoms with van der Waals surface area (Å²) >= 11 is 0. The molecule has 0 unspecified atom stereocenters. The van der Waals surface area contributed by atoms with E-state index in [0.29, 0.717) is 31.2 Å². The summed E-state index contributed by atoms with van der Waals surface area (Å²) in [5.41, 5.74) is 0.757. The van der Waals surface area contributed by atoms with Gasteiger partial charge in [-0.2, -0.15) is 0 Å². The molecule has 0 aliphatic carbocycles. The first-order valence-electron chi connectivity index (χ1n) is 6.89. The van der Waals surface area contributed by atoms with Crippen molar-refractivity contribution < 1.29 is 19.0 Å². The van der Waals surface area contributed by atoms with E-state index in [2.05, 4.69) is 10.6 Å². The monoisotopic (exact) mass is 296 g/mol. The first-order chi connectivity index (χ1) is 10.2. The fourth-order valence-corrected chi connectivity index (χ4v) is 1.91. The van der Waals surface area contributed by atoms with E-state index in [1.165, 1.54) is 0 Å². The Morgan fingerprint density at radius 1 is 1.05 bits per heavy atom. The van der Waals surface area contributed by atoms with Crippen molar-refractivity contribution in [2.75, 3.05) is 47.6 Å². The number of carbonyl (C=O) groups excluding carboxylic acids is 1. The number of nitrogens with one attached hydrogen (secondary N) is 2. The van der Waals surface area contributed by atoms with Crippen molar-refractivity contribution in [2.24, 2.45) is 0 Å².